The number of hydrogen-bond donors (Lipinski definition) is 1. The first kappa shape index (κ1) is 16.0. The second-order valence-electron chi connectivity index (χ2n) is 6.16. The van der Waals surface area contributed by atoms with E-state index in [1.165, 1.54) is 17.3 Å². The van der Waals surface area contributed by atoms with Gasteiger partial charge in [0.2, 0.25) is 0 Å². The Morgan fingerprint density at radius 2 is 2.22 bits per heavy atom. The van der Waals surface area contributed by atoms with Gasteiger partial charge in [-0.05, 0) is 45.9 Å². The summed E-state index contributed by atoms with van der Waals surface area (Å²) in [5.74, 6) is 0.555. The minimum atomic E-state index is -0.222. The number of rotatable bonds is 4. The zero-order chi connectivity index (χ0) is 16.6. The quantitative estimate of drug-likeness (QED) is 0.931. The first-order chi connectivity index (χ1) is 11.0. The summed E-state index contributed by atoms with van der Waals surface area (Å²) in [5.41, 5.74) is 4.38. The van der Waals surface area contributed by atoms with Crippen molar-refractivity contribution in [2.75, 3.05) is 6.61 Å². The van der Waals surface area contributed by atoms with Gasteiger partial charge in [-0.15, -0.1) is 0 Å². The lowest BCUT2D eigenvalue weighted by Gasteiger charge is -2.29. The van der Waals surface area contributed by atoms with Crippen molar-refractivity contribution in [1.29, 1.82) is 0 Å². The zero-order valence-electron chi connectivity index (χ0n) is 14.2. The molecule has 0 radical (unpaired) electrons. The van der Waals surface area contributed by atoms with Crippen LogP contribution in [0, 0.1) is 19.7 Å². The molecule has 2 atom stereocenters. The summed E-state index contributed by atoms with van der Waals surface area (Å²) in [6.45, 7) is 9.91. The van der Waals surface area contributed by atoms with Gasteiger partial charge < -0.3 is 10.1 Å². The molecule has 1 N–H and O–H groups in total. The molecule has 23 heavy (non-hydrogen) atoms. The van der Waals surface area contributed by atoms with Crippen LogP contribution in [0.4, 0.5) is 4.39 Å². The number of ether oxygens (including phenoxy) is 1. The average Bonchev–Trinajstić information content (AvgIpc) is 2.82. The Labute approximate surface area is 136 Å². The van der Waals surface area contributed by atoms with Crippen molar-refractivity contribution >= 4 is 0 Å². The Morgan fingerprint density at radius 3 is 2.91 bits per heavy atom. The molecule has 0 fully saturated rings. The summed E-state index contributed by atoms with van der Waals surface area (Å²) in [7, 11) is 0. The molecule has 1 aliphatic rings. The Balaban J connectivity index is 1.86. The molecule has 4 nitrogen and oxygen atoms in total. The smallest absolute Gasteiger partial charge is 0.124 e. The molecule has 0 amide bonds. The number of fused-ring (bicyclic) bond motifs is 1. The standard InChI is InChI=1S/C18H24FN3O/c1-5-22-13(4)18(12(3)21-22)11(2)20-16-8-9-23-17-7-6-14(19)10-15(16)17/h6-7,10-11,16,20H,5,8-9H2,1-4H3/t11-,16-/m0/s1. The number of aromatic nitrogens is 2. The highest BCUT2D eigenvalue weighted by atomic mass is 19.1. The maximum atomic E-state index is 13.6. The summed E-state index contributed by atoms with van der Waals surface area (Å²) in [4.78, 5) is 0. The molecule has 0 saturated heterocycles. The van der Waals surface area contributed by atoms with Crippen molar-refractivity contribution in [3.63, 3.8) is 0 Å². The summed E-state index contributed by atoms with van der Waals surface area (Å²) in [5, 5.41) is 8.23. The minimum Gasteiger partial charge on any atom is -0.493 e. The van der Waals surface area contributed by atoms with Gasteiger partial charge in [-0.1, -0.05) is 0 Å². The summed E-state index contributed by atoms with van der Waals surface area (Å²) >= 11 is 0. The van der Waals surface area contributed by atoms with Crippen molar-refractivity contribution in [1.82, 2.24) is 15.1 Å². The predicted molar refractivity (Wildman–Crippen MR) is 88.2 cm³/mol. The van der Waals surface area contributed by atoms with Crippen LogP contribution < -0.4 is 10.1 Å². The lowest BCUT2D eigenvalue weighted by molar-refractivity contribution is 0.245. The normalized spacial score (nSPS) is 18.4. The Morgan fingerprint density at radius 1 is 1.43 bits per heavy atom. The average molecular weight is 317 g/mol. The van der Waals surface area contributed by atoms with Gasteiger partial charge in [-0.3, -0.25) is 4.68 Å². The second-order valence-corrected chi connectivity index (χ2v) is 6.16. The number of nitrogens with one attached hydrogen (secondary N) is 1. The molecule has 0 unspecified atom stereocenters. The molecule has 0 aliphatic carbocycles. The van der Waals surface area contributed by atoms with E-state index >= 15 is 0 Å². The van der Waals surface area contributed by atoms with Crippen LogP contribution in [-0.2, 0) is 6.54 Å². The molecule has 1 aliphatic heterocycles. The third-order valence-corrected chi connectivity index (χ3v) is 4.63. The van der Waals surface area contributed by atoms with Crippen LogP contribution in [0.25, 0.3) is 0 Å². The van der Waals surface area contributed by atoms with Crippen LogP contribution in [0.5, 0.6) is 5.75 Å². The number of aryl methyl sites for hydroxylation is 2. The van der Waals surface area contributed by atoms with Gasteiger partial charge in [0.25, 0.3) is 0 Å². The maximum Gasteiger partial charge on any atom is 0.124 e. The number of benzene rings is 1. The predicted octanol–water partition coefficient (Wildman–Crippen LogP) is 3.83. The van der Waals surface area contributed by atoms with E-state index < -0.39 is 0 Å². The molecule has 5 heteroatoms. The van der Waals surface area contributed by atoms with E-state index in [2.05, 4.69) is 31.2 Å². The fourth-order valence-electron chi connectivity index (χ4n) is 3.57. The molecule has 2 aromatic rings. The van der Waals surface area contributed by atoms with Crippen molar-refractivity contribution in [3.05, 3.63) is 46.5 Å². The van der Waals surface area contributed by atoms with Crippen molar-refractivity contribution < 1.29 is 9.13 Å². The lowest BCUT2D eigenvalue weighted by atomic mass is 9.97. The molecule has 124 valence electrons. The van der Waals surface area contributed by atoms with Crippen molar-refractivity contribution in [2.45, 2.75) is 52.7 Å². The third kappa shape index (κ3) is 2.98. The van der Waals surface area contributed by atoms with Gasteiger partial charge in [0, 0.05) is 41.9 Å². The molecule has 1 aromatic carbocycles. The van der Waals surface area contributed by atoms with E-state index in [1.807, 2.05) is 11.6 Å². The van der Waals surface area contributed by atoms with Crippen LogP contribution in [-0.4, -0.2) is 16.4 Å². The molecule has 0 spiro atoms. The molecular formula is C18H24FN3O. The topological polar surface area (TPSA) is 39.1 Å². The fourth-order valence-corrected chi connectivity index (χ4v) is 3.57. The van der Waals surface area contributed by atoms with E-state index in [0.717, 1.165) is 30.0 Å². The largest absolute Gasteiger partial charge is 0.493 e. The highest BCUT2D eigenvalue weighted by Crippen LogP contribution is 2.34. The van der Waals surface area contributed by atoms with E-state index in [-0.39, 0.29) is 17.9 Å². The summed E-state index contributed by atoms with van der Waals surface area (Å²) in [6.07, 6.45) is 0.834. The number of halogens is 1. The monoisotopic (exact) mass is 317 g/mol. The van der Waals surface area contributed by atoms with Gasteiger partial charge in [-0.25, -0.2) is 4.39 Å². The van der Waals surface area contributed by atoms with Crippen LogP contribution >= 0.6 is 0 Å². The SMILES string of the molecule is CCn1nc(C)c([C@H](C)N[C@H]2CCOc3ccc(F)cc32)c1C. The molecule has 3 rings (SSSR count). The molecule has 0 saturated carbocycles. The first-order valence-electron chi connectivity index (χ1n) is 8.23. The van der Waals surface area contributed by atoms with Gasteiger partial charge in [0.1, 0.15) is 11.6 Å². The maximum absolute atomic E-state index is 13.6. The van der Waals surface area contributed by atoms with Gasteiger partial charge >= 0.3 is 0 Å². The Bertz CT molecular complexity index is 711. The van der Waals surface area contributed by atoms with E-state index in [4.69, 9.17) is 4.74 Å². The van der Waals surface area contributed by atoms with Gasteiger partial charge in [0.15, 0.2) is 0 Å². The van der Waals surface area contributed by atoms with Crippen molar-refractivity contribution in [3.8, 4) is 5.75 Å². The van der Waals surface area contributed by atoms with Crippen molar-refractivity contribution in [2.24, 2.45) is 0 Å². The molecule has 0 bridgehead atoms. The lowest BCUT2D eigenvalue weighted by Crippen LogP contribution is -2.30. The highest BCUT2D eigenvalue weighted by molar-refractivity contribution is 5.38. The fraction of sp³-hybridized carbons (Fsp3) is 0.500. The Kier molecular flexibility index (Phi) is 4.39. The van der Waals surface area contributed by atoms with E-state index in [1.54, 1.807) is 12.1 Å². The Hall–Kier alpha value is -1.88. The number of nitrogens with zero attached hydrogens (tertiary/aromatic N) is 2. The van der Waals surface area contributed by atoms with Crippen LogP contribution in [0.3, 0.4) is 0 Å². The number of hydrogen-bond acceptors (Lipinski definition) is 3. The van der Waals surface area contributed by atoms with Crippen LogP contribution in [0.2, 0.25) is 0 Å². The van der Waals surface area contributed by atoms with Crippen LogP contribution in [0.1, 0.15) is 54.9 Å². The molecule has 1 aromatic heterocycles. The van der Waals surface area contributed by atoms with E-state index in [0.29, 0.717) is 6.61 Å². The zero-order valence-corrected chi connectivity index (χ0v) is 14.2. The minimum absolute atomic E-state index is 0.0910. The highest BCUT2D eigenvalue weighted by Gasteiger charge is 2.25. The second kappa shape index (κ2) is 6.32. The van der Waals surface area contributed by atoms with E-state index in [9.17, 15) is 4.39 Å². The summed E-state index contributed by atoms with van der Waals surface area (Å²) in [6, 6.07) is 4.98. The first-order valence-corrected chi connectivity index (χ1v) is 8.23. The summed E-state index contributed by atoms with van der Waals surface area (Å²) < 4.78 is 21.3. The van der Waals surface area contributed by atoms with Crippen LogP contribution in [0.15, 0.2) is 18.2 Å². The molecular weight excluding hydrogens is 293 g/mol. The molecule has 2 heterocycles. The van der Waals surface area contributed by atoms with Gasteiger partial charge in [-0.2, -0.15) is 5.10 Å². The van der Waals surface area contributed by atoms with Gasteiger partial charge in [0.05, 0.1) is 12.3 Å². The third-order valence-electron chi connectivity index (χ3n) is 4.63.